The van der Waals surface area contributed by atoms with Gasteiger partial charge in [0.1, 0.15) is 0 Å². The summed E-state index contributed by atoms with van der Waals surface area (Å²) in [4.78, 5) is 38.8. The number of benzene rings is 1. The van der Waals surface area contributed by atoms with Crippen LogP contribution in [0.15, 0.2) is 30.3 Å². The molecule has 0 radical (unpaired) electrons. The minimum absolute atomic E-state index is 0.0431. The Morgan fingerprint density at radius 1 is 1.00 bits per heavy atom. The predicted molar refractivity (Wildman–Crippen MR) is 106 cm³/mol. The highest BCUT2D eigenvalue weighted by molar-refractivity contribution is 5.83. The number of piperidine rings is 1. The van der Waals surface area contributed by atoms with Crippen LogP contribution in [0.1, 0.15) is 50.5 Å². The van der Waals surface area contributed by atoms with E-state index >= 15 is 0 Å². The van der Waals surface area contributed by atoms with Gasteiger partial charge < -0.3 is 15.3 Å². The molecule has 152 valence electrons. The van der Waals surface area contributed by atoms with Crippen LogP contribution in [-0.4, -0.2) is 46.9 Å². The number of carboxylic acid groups (broad SMARTS) is 1. The zero-order valence-corrected chi connectivity index (χ0v) is 16.3. The number of aliphatic carboxylic acids is 1. The largest absolute Gasteiger partial charge is 0.481 e. The van der Waals surface area contributed by atoms with E-state index in [2.05, 4.69) is 5.32 Å². The number of nitrogens with zero attached hydrogens (tertiary/aromatic N) is 1. The molecule has 28 heavy (non-hydrogen) atoms. The van der Waals surface area contributed by atoms with E-state index in [0.29, 0.717) is 32.4 Å². The molecule has 2 fully saturated rings. The molecule has 1 saturated carbocycles. The van der Waals surface area contributed by atoms with Crippen LogP contribution in [0.2, 0.25) is 0 Å². The van der Waals surface area contributed by atoms with Crippen LogP contribution >= 0.6 is 0 Å². The molecule has 6 heteroatoms. The molecule has 3 atom stereocenters. The zero-order valence-electron chi connectivity index (χ0n) is 16.3. The Hall–Kier alpha value is -2.37. The summed E-state index contributed by atoms with van der Waals surface area (Å²) in [7, 11) is 0. The summed E-state index contributed by atoms with van der Waals surface area (Å²) in [5, 5.41) is 12.5. The van der Waals surface area contributed by atoms with Crippen molar-refractivity contribution < 1.29 is 19.5 Å². The third kappa shape index (κ3) is 5.33. The first-order valence-corrected chi connectivity index (χ1v) is 10.4. The van der Waals surface area contributed by atoms with Gasteiger partial charge in [-0.2, -0.15) is 0 Å². The molecule has 2 amide bonds. The Balaban J connectivity index is 1.57. The Bertz CT molecular complexity index is 691. The smallest absolute Gasteiger partial charge is 0.308 e. The van der Waals surface area contributed by atoms with E-state index in [1.807, 2.05) is 30.3 Å². The summed E-state index contributed by atoms with van der Waals surface area (Å²) in [5.41, 5.74) is 0.974. The lowest BCUT2D eigenvalue weighted by Crippen LogP contribution is -2.50. The van der Waals surface area contributed by atoms with Crippen LogP contribution in [0.3, 0.4) is 0 Å². The van der Waals surface area contributed by atoms with Crippen LogP contribution in [0, 0.1) is 11.8 Å². The van der Waals surface area contributed by atoms with Crippen LogP contribution < -0.4 is 5.32 Å². The van der Waals surface area contributed by atoms with Gasteiger partial charge in [0, 0.05) is 19.1 Å². The molecule has 0 spiro atoms. The Labute approximate surface area is 166 Å². The van der Waals surface area contributed by atoms with Crippen molar-refractivity contribution in [2.24, 2.45) is 11.8 Å². The number of amides is 2. The highest BCUT2D eigenvalue weighted by Crippen LogP contribution is 2.25. The number of carbonyl (C=O) groups excluding carboxylic acids is 2. The van der Waals surface area contributed by atoms with E-state index in [1.165, 1.54) is 0 Å². The van der Waals surface area contributed by atoms with E-state index in [9.17, 15) is 19.5 Å². The van der Waals surface area contributed by atoms with Crippen molar-refractivity contribution in [1.29, 1.82) is 0 Å². The molecule has 0 bridgehead atoms. The van der Waals surface area contributed by atoms with Gasteiger partial charge in [-0.15, -0.1) is 0 Å². The van der Waals surface area contributed by atoms with Gasteiger partial charge in [-0.05, 0) is 31.2 Å². The molecular formula is C22H30N2O4. The quantitative estimate of drug-likeness (QED) is 0.762. The topological polar surface area (TPSA) is 86.7 Å². The normalized spacial score (nSPS) is 25.6. The van der Waals surface area contributed by atoms with E-state index in [0.717, 1.165) is 37.7 Å². The third-order valence-electron chi connectivity index (χ3n) is 6.00. The lowest BCUT2D eigenvalue weighted by atomic mass is 9.92. The fourth-order valence-corrected chi connectivity index (χ4v) is 4.38. The average molecular weight is 386 g/mol. The lowest BCUT2D eigenvalue weighted by Gasteiger charge is -2.33. The second-order valence-electron chi connectivity index (χ2n) is 8.04. The summed E-state index contributed by atoms with van der Waals surface area (Å²) in [5.74, 6) is -1.65. The van der Waals surface area contributed by atoms with Gasteiger partial charge in [0.2, 0.25) is 11.8 Å². The Kier molecular flexibility index (Phi) is 7.06. The van der Waals surface area contributed by atoms with Crippen molar-refractivity contribution in [2.45, 2.75) is 57.4 Å². The summed E-state index contributed by atoms with van der Waals surface area (Å²) in [6.45, 7) is 1.10. The first-order chi connectivity index (χ1) is 13.5. The van der Waals surface area contributed by atoms with Gasteiger partial charge in [-0.25, -0.2) is 0 Å². The number of hydrogen-bond acceptors (Lipinski definition) is 3. The van der Waals surface area contributed by atoms with Crippen molar-refractivity contribution in [3.05, 3.63) is 35.9 Å². The van der Waals surface area contributed by atoms with E-state index in [1.54, 1.807) is 4.90 Å². The predicted octanol–water partition coefficient (Wildman–Crippen LogP) is 2.62. The summed E-state index contributed by atoms with van der Waals surface area (Å²) in [6, 6.07) is 9.32. The van der Waals surface area contributed by atoms with Crippen molar-refractivity contribution in [3.63, 3.8) is 0 Å². The number of carboxylic acids is 1. The monoisotopic (exact) mass is 386 g/mol. The molecule has 1 aliphatic heterocycles. The molecule has 1 aromatic rings. The van der Waals surface area contributed by atoms with Gasteiger partial charge in [-0.3, -0.25) is 14.4 Å². The standard InChI is InChI=1S/C22H30N2O4/c25-20(14-16-8-3-1-4-9-16)24-13-7-10-17(15-24)21(26)23-19-12-6-2-5-11-18(19)22(27)28/h1,3-4,8-9,17-19H,2,5-7,10-15H2,(H,23,26)(H,27,28)/t17?,18-,19+/m1/s1. The van der Waals surface area contributed by atoms with Crippen molar-refractivity contribution in [1.82, 2.24) is 10.2 Å². The van der Waals surface area contributed by atoms with Gasteiger partial charge in [0.25, 0.3) is 0 Å². The van der Waals surface area contributed by atoms with Gasteiger partial charge in [-0.1, -0.05) is 49.6 Å². The number of nitrogens with one attached hydrogen (secondary N) is 1. The summed E-state index contributed by atoms with van der Waals surface area (Å²) >= 11 is 0. The second kappa shape index (κ2) is 9.71. The maximum absolute atomic E-state index is 12.8. The fraction of sp³-hybridized carbons (Fsp3) is 0.591. The molecule has 3 rings (SSSR count). The molecular weight excluding hydrogens is 356 g/mol. The first kappa shape index (κ1) is 20.4. The zero-order chi connectivity index (χ0) is 19.9. The number of likely N-dealkylation sites (tertiary alicyclic amines) is 1. The molecule has 1 heterocycles. The van der Waals surface area contributed by atoms with Crippen LogP contribution in [0.4, 0.5) is 0 Å². The molecule has 1 unspecified atom stereocenters. The molecule has 1 aromatic carbocycles. The van der Waals surface area contributed by atoms with Crippen molar-refractivity contribution in [2.75, 3.05) is 13.1 Å². The van der Waals surface area contributed by atoms with Crippen LogP contribution in [-0.2, 0) is 20.8 Å². The highest BCUT2D eigenvalue weighted by Gasteiger charge is 2.34. The van der Waals surface area contributed by atoms with Crippen LogP contribution in [0.5, 0.6) is 0 Å². The molecule has 0 aromatic heterocycles. The van der Waals surface area contributed by atoms with Crippen molar-refractivity contribution >= 4 is 17.8 Å². The molecule has 1 saturated heterocycles. The maximum Gasteiger partial charge on any atom is 0.308 e. The third-order valence-corrected chi connectivity index (χ3v) is 6.00. The molecule has 1 aliphatic carbocycles. The van der Waals surface area contributed by atoms with Gasteiger partial charge in [0.05, 0.1) is 18.3 Å². The van der Waals surface area contributed by atoms with Gasteiger partial charge >= 0.3 is 5.97 Å². The van der Waals surface area contributed by atoms with E-state index in [-0.39, 0.29) is 23.8 Å². The van der Waals surface area contributed by atoms with E-state index < -0.39 is 11.9 Å². The van der Waals surface area contributed by atoms with Crippen LogP contribution in [0.25, 0.3) is 0 Å². The molecule has 2 N–H and O–H groups in total. The second-order valence-corrected chi connectivity index (χ2v) is 8.04. The summed E-state index contributed by atoms with van der Waals surface area (Å²) < 4.78 is 0. The lowest BCUT2D eigenvalue weighted by molar-refractivity contribution is -0.143. The summed E-state index contributed by atoms with van der Waals surface area (Å²) in [6.07, 6.45) is 6.08. The number of rotatable bonds is 5. The molecule has 6 nitrogen and oxygen atoms in total. The van der Waals surface area contributed by atoms with Crippen molar-refractivity contribution in [3.8, 4) is 0 Å². The fourth-order valence-electron chi connectivity index (χ4n) is 4.38. The Morgan fingerprint density at radius 2 is 1.75 bits per heavy atom. The van der Waals surface area contributed by atoms with E-state index in [4.69, 9.17) is 0 Å². The number of hydrogen-bond donors (Lipinski definition) is 2. The van der Waals surface area contributed by atoms with Gasteiger partial charge in [0.15, 0.2) is 0 Å². The maximum atomic E-state index is 12.8. The molecule has 2 aliphatic rings. The Morgan fingerprint density at radius 3 is 2.50 bits per heavy atom. The highest BCUT2D eigenvalue weighted by atomic mass is 16.4. The number of carbonyl (C=O) groups is 3. The minimum atomic E-state index is -0.824. The minimum Gasteiger partial charge on any atom is -0.481 e. The first-order valence-electron chi connectivity index (χ1n) is 10.4. The average Bonchev–Trinajstić information content (AvgIpc) is 2.94. The SMILES string of the molecule is O=C(N[C@H]1CCCCC[C@H]1C(=O)O)C1CCCN(C(=O)Cc2ccccc2)C1.